The number of aromatic nitrogens is 3. The van der Waals surface area contributed by atoms with Crippen molar-refractivity contribution < 1.29 is 4.79 Å². The molecule has 0 aliphatic heterocycles. The molecular weight excluding hydrogens is 228 g/mol. The van der Waals surface area contributed by atoms with Crippen LogP contribution in [0.2, 0.25) is 0 Å². The van der Waals surface area contributed by atoms with Gasteiger partial charge in [0, 0.05) is 30.1 Å². The molecule has 2 aromatic rings. The molecule has 2 rings (SSSR count). The van der Waals surface area contributed by atoms with E-state index in [0.717, 1.165) is 11.3 Å². The first kappa shape index (κ1) is 12.2. The minimum absolute atomic E-state index is 0.0988. The summed E-state index contributed by atoms with van der Waals surface area (Å²) in [6, 6.07) is 5.52. The molecule has 0 aromatic carbocycles. The Labute approximate surface area is 105 Å². The Morgan fingerprint density at radius 3 is 2.78 bits per heavy atom. The van der Waals surface area contributed by atoms with E-state index < -0.39 is 0 Å². The van der Waals surface area contributed by atoms with Gasteiger partial charge < -0.3 is 0 Å². The highest BCUT2D eigenvalue weighted by Crippen LogP contribution is 2.15. The summed E-state index contributed by atoms with van der Waals surface area (Å²) in [6.07, 6.45) is 5.04. The molecule has 0 spiro atoms. The van der Waals surface area contributed by atoms with Gasteiger partial charge in [0.2, 0.25) is 11.9 Å². The second-order valence-electron chi connectivity index (χ2n) is 4.15. The second kappa shape index (κ2) is 5.35. The van der Waals surface area contributed by atoms with E-state index in [1.807, 2.05) is 26.0 Å². The van der Waals surface area contributed by atoms with Gasteiger partial charge in [-0.15, -0.1) is 0 Å². The van der Waals surface area contributed by atoms with Crippen LogP contribution < -0.4 is 5.32 Å². The molecule has 5 heteroatoms. The van der Waals surface area contributed by atoms with Crippen LogP contribution in [0.15, 0.2) is 36.8 Å². The molecule has 0 fully saturated rings. The molecule has 2 heterocycles. The van der Waals surface area contributed by atoms with Gasteiger partial charge in [-0.25, -0.2) is 9.97 Å². The zero-order valence-electron chi connectivity index (χ0n) is 10.3. The Kier molecular flexibility index (Phi) is 3.62. The van der Waals surface area contributed by atoms with Crippen molar-refractivity contribution in [2.45, 2.75) is 13.8 Å². The van der Waals surface area contributed by atoms with Gasteiger partial charge in [0.15, 0.2) is 0 Å². The highest BCUT2D eigenvalue weighted by Gasteiger charge is 2.09. The summed E-state index contributed by atoms with van der Waals surface area (Å²) in [4.78, 5) is 23.9. The maximum absolute atomic E-state index is 11.6. The normalized spacial score (nSPS) is 10.4. The van der Waals surface area contributed by atoms with Crippen LogP contribution in [0.5, 0.6) is 0 Å². The van der Waals surface area contributed by atoms with Crippen molar-refractivity contribution in [1.82, 2.24) is 15.0 Å². The zero-order valence-corrected chi connectivity index (χ0v) is 10.3. The Morgan fingerprint density at radius 2 is 2.11 bits per heavy atom. The highest BCUT2D eigenvalue weighted by atomic mass is 16.1. The third-order valence-electron chi connectivity index (χ3n) is 2.37. The minimum atomic E-state index is -0.101. The summed E-state index contributed by atoms with van der Waals surface area (Å²) in [5, 5.41) is 2.67. The Hall–Kier alpha value is -2.30. The number of carbonyl (C=O) groups excluding carboxylic acids is 1. The van der Waals surface area contributed by atoms with E-state index >= 15 is 0 Å². The molecule has 0 saturated heterocycles. The standard InChI is InChI=1S/C13H14N4O/c1-9(2)12(18)17-13-15-7-5-11(16-13)10-4-3-6-14-8-10/h3-9H,1-2H3,(H,15,16,17,18). The number of carbonyl (C=O) groups is 1. The molecule has 0 aliphatic rings. The zero-order chi connectivity index (χ0) is 13.0. The Balaban J connectivity index is 2.23. The SMILES string of the molecule is CC(C)C(=O)Nc1nccc(-c2cccnc2)n1. The first-order valence-corrected chi connectivity index (χ1v) is 5.71. The van der Waals surface area contributed by atoms with E-state index in [4.69, 9.17) is 0 Å². The fourth-order valence-electron chi connectivity index (χ4n) is 1.35. The highest BCUT2D eigenvalue weighted by molar-refractivity contribution is 5.90. The Bertz CT molecular complexity index is 540. The summed E-state index contributed by atoms with van der Waals surface area (Å²) in [5.41, 5.74) is 1.62. The monoisotopic (exact) mass is 242 g/mol. The number of hydrogen-bond donors (Lipinski definition) is 1. The van der Waals surface area contributed by atoms with Crippen LogP contribution in [-0.4, -0.2) is 20.9 Å². The summed E-state index contributed by atoms with van der Waals surface area (Å²) in [7, 11) is 0. The van der Waals surface area contributed by atoms with Crippen molar-refractivity contribution in [2.75, 3.05) is 5.32 Å². The first-order valence-electron chi connectivity index (χ1n) is 5.71. The number of nitrogens with one attached hydrogen (secondary N) is 1. The number of nitrogens with zero attached hydrogens (tertiary/aromatic N) is 3. The van der Waals surface area contributed by atoms with Gasteiger partial charge >= 0.3 is 0 Å². The van der Waals surface area contributed by atoms with Crippen LogP contribution in [0.3, 0.4) is 0 Å². The van der Waals surface area contributed by atoms with E-state index in [-0.39, 0.29) is 11.8 Å². The third-order valence-corrected chi connectivity index (χ3v) is 2.37. The van der Waals surface area contributed by atoms with Gasteiger partial charge in [-0.2, -0.15) is 0 Å². The van der Waals surface area contributed by atoms with Gasteiger partial charge in [0.1, 0.15) is 0 Å². The molecule has 5 nitrogen and oxygen atoms in total. The first-order chi connectivity index (χ1) is 8.66. The van der Waals surface area contributed by atoms with E-state index in [1.165, 1.54) is 0 Å². The minimum Gasteiger partial charge on any atom is -0.294 e. The molecule has 0 atom stereocenters. The number of pyridine rings is 1. The van der Waals surface area contributed by atoms with Gasteiger partial charge in [-0.1, -0.05) is 13.8 Å². The van der Waals surface area contributed by atoms with Crippen LogP contribution in [-0.2, 0) is 4.79 Å². The van der Waals surface area contributed by atoms with Gasteiger partial charge in [-0.3, -0.25) is 15.1 Å². The fourth-order valence-corrected chi connectivity index (χ4v) is 1.35. The van der Waals surface area contributed by atoms with Gasteiger partial charge in [-0.05, 0) is 18.2 Å². The summed E-state index contributed by atoms with van der Waals surface area (Å²) < 4.78 is 0. The molecule has 0 unspecified atom stereocenters. The molecule has 0 radical (unpaired) electrons. The fraction of sp³-hybridized carbons (Fsp3) is 0.231. The lowest BCUT2D eigenvalue weighted by atomic mass is 10.2. The molecule has 0 bridgehead atoms. The molecule has 18 heavy (non-hydrogen) atoms. The van der Waals surface area contributed by atoms with E-state index in [2.05, 4.69) is 20.3 Å². The number of amides is 1. The van der Waals surface area contributed by atoms with Crippen molar-refractivity contribution in [3.8, 4) is 11.3 Å². The van der Waals surface area contributed by atoms with E-state index in [0.29, 0.717) is 5.95 Å². The molecule has 0 aliphatic carbocycles. The molecule has 2 aromatic heterocycles. The van der Waals surface area contributed by atoms with Crippen LogP contribution >= 0.6 is 0 Å². The molecule has 1 N–H and O–H groups in total. The number of anilines is 1. The van der Waals surface area contributed by atoms with Crippen molar-refractivity contribution in [1.29, 1.82) is 0 Å². The Morgan fingerprint density at radius 1 is 1.28 bits per heavy atom. The van der Waals surface area contributed by atoms with Crippen LogP contribution in [0.25, 0.3) is 11.3 Å². The van der Waals surface area contributed by atoms with E-state index in [1.54, 1.807) is 24.7 Å². The number of rotatable bonds is 3. The third kappa shape index (κ3) is 2.88. The van der Waals surface area contributed by atoms with E-state index in [9.17, 15) is 4.79 Å². The number of hydrogen-bond acceptors (Lipinski definition) is 4. The maximum atomic E-state index is 11.6. The largest absolute Gasteiger partial charge is 0.294 e. The molecular formula is C13H14N4O. The lowest BCUT2D eigenvalue weighted by Gasteiger charge is -2.07. The van der Waals surface area contributed by atoms with Crippen molar-refractivity contribution in [3.63, 3.8) is 0 Å². The predicted octanol–water partition coefficient (Wildman–Crippen LogP) is 2.13. The lowest BCUT2D eigenvalue weighted by molar-refractivity contribution is -0.118. The van der Waals surface area contributed by atoms with Gasteiger partial charge in [0.25, 0.3) is 0 Å². The second-order valence-corrected chi connectivity index (χ2v) is 4.15. The predicted molar refractivity (Wildman–Crippen MR) is 68.7 cm³/mol. The summed E-state index contributed by atoms with van der Waals surface area (Å²) in [5.74, 6) is 0.115. The quantitative estimate of drug-likeness (QED) is 0.895. The topological polar surface area (TPSA) is 67.8 Å². The average Bonchev–Trinajstić information content (AvgIpc) is 2.40. The molecule has 0 saturated carbocycles. The lowest BCUT2D eigenvalue weighted by Crippen LogP contribution is -2.19. The average molecular weight is 242 g/mol. The van der Waals surface area contributed by atoms with Crippen molar-refractivity contribution in [2.24, 2.45) is 5.92 Å². The molecule has 92 valence electrons. The maximum Gasteiger partial charge on any atom is 0.229 e. The van der Waals surface area contributed by atoms with Crippen LogP contribution in [0, 0.1) is 5.92 Å². The summed E-state index contributed by atoms with van der Waals surface area (Å²) in [6.45, 7) is 3.64. The van der Waals surface area contributed by atoms with Crippen molar-refractivity contribution >= 4 is 11.9 Å². The van der Waals surface area contributed by atoms with Crippen molar-refractivity contribution in [3.05, 3.63) is 36.8 Å². The van der Waals surface area contributed by atoms with Gasteiger partial charge in [0.05, 0.1) is 5.69 Å². The molecule has 1 amide bonds. The smallest absolute Gasteiger partial charge is 0.229 e. The summed E-state index contributed by atoms with van der Waals surface area (Å²) >= 11 is 0. The van der Waals surface area contributed by atoms with Crippen LogP contribution in [0.4, 0.5) is 5.95 Å². The van der Waals surface area contributed by atoms with Crippen LogP contribution in [0.1, 0.15) is 13.8 Å².